The molecule has 4 aromatic carbocycles. The Bertz CT molecular complexity index is 4570. The highest BCUT2D eigenvalue weighted by Gasteiger charge is 2.47. The van der Waals surface area contributed by atoms with Gasteiger partial charge in [0.05, 0.1) is 26.4 Å². The molecule has 24 atom stereocenters. The molecule has 12 N–H and O–H groups in total. The fraction of sp³-hybridized carbons (Fsp3) is 0.643. The molecule has 8 aliphatic carbocycles. The van der Waals surface area contributed by atoms with Crippen LogP contribution in [-0.2, 0) is 102 Å². The lowest BCUT2D eigenvalue weighted by molar-refractivity contribution is -0.143. The van der Waals surface area contributed by atoms with Crippen molar-refractivity contribution >= 4 is 94.5 Å². The van der Waals surface area contributed by atoms with Crippen LogP contribution in [0.3, 0.4) is 0 Å². The molecule has 16 amide bonds. The first-order valence-corrected chi connectivity index (χ1v) is 54.3. The summed E-state index contributed by atoms with van der Waals surface area (Å²) in [5, 5.41) is 65.7. The highest BCUT2D eigenvalue weighted by Crippen LogP contribution is 2.39. The molecule has 10 aliphatic rings. The van der Waals surface area contributed by atoms with Crippen molar-refractivity contribution in [3.05, 3.63) is 144 Å². The lowest BCUT2D eigenvalue weighted by Gasteiger charge is -2.39. The van der Waals surface area contributed by atoms with Gasteiger partial charge in [0.1, 0.15) is 48.3 Å². The summed E-state index contributed by atoms with van der Waals surface area (Å²) in [5.74, 6) is -10.3. The zero-order valence-corrected chi connectivity index (χ0v) is 87.6. The molecule has 14 rings (SSSR count). The molecule has 0 unspecified atom stereocenters. The van der Waals surface area contributed by atoms with E-state index in [-0.39, 0.29) is 121 Å². The maximum Gasteiger partial charge on any atom is 0.247 e. The van der Waals surface area contributed by atoms with Crippen molar-refractivity contribution in [3.8, 4) is 0 Å². The summed E-state index contributed by atoms with van der Waals surface area (Å²) >= 11 is 0. The van der Waals surface area contributed by atoms with Crippen molar-refractivity contribution in [3.63, 3.8) is 0 Å². The van der Waals surface area contributed by atoms with Crippen LogP contribution in [-0.4, -0.2) is 334 Å². The third-order valence-corrected chi connectivity index (χ3v) is 34.1. The molecule has 16 bridgehead atoms. The molecule has 10 fully saturated rings. The molecule has 148 heavy (non-hydrogen) atoms. The summed E-state index contributed by atoms with van der Waals surface area (Å²) in [4.78, 5) is 240. The molecule has 0 spiro atoms. The smallest absolute Gasteiger partial charge is 0.247 e. The zero-order chi connectivity index (χ0) is 106. The van der Waals surface area contributed by atoms with E-state index in [0.29, 0.717) is 205 Å². The maximum absolute atomic E-state index is 14.6. The molecule has 4 aromatic rings. The molecule has 36 heteroatoms. The second-order valence-corrected chi connectivity index (χ2v) is 43.7. The Labute approximate surface area is 870 Å². The van der Waals surface area contributed by atoms with Gasteiger partial charge < -0.3 is 102 Å². The second-order valence-electron chi connectivity index (χ2n) is 43.7. The first-order chi connectivity index (χ1) is 71.1. The van der Waals surface area contributed by atoms with Gasteiger partial charge in [-0.25, -0.2) is 0 Å². The Balaban J connectivity index is 0.000000247. The standard InChI is InChI=1S/2C56H80N8O10/c2*1-61-41-23-13-21-39(31-41)51(69)59-47(33-65)55(73)64(4)44-26-12-20-38(30-44)50(68)58-46(28-36-17-9-6-10-18-36)54(72)62(2)42-24-14-22-40(32-42)52(70)60-48(34-66)56(74)63(3)43-25-11-19-37(29-43)49(67)57-45(53(61)71)27-35-15-7-5-8-16-35/h2*5-10,15-18,37-48,65-66H,11-14,19-34H2,1-4H3,(H,57,67)(H,58,68)(H,59,69)(H,60,70)/t2*37-,38-,39-,40-,41+,42+,43+,44+,45-,46-,47-,48-/m11/s1. The van der Waals surface area contributed by atoms with E-state index in [1.807, 2.05) is 121 Å². The Morgan fingerprint density at radius 1 is 0.189 bits per heavy atom. The van der Waals surface area contributed by atoms with Gasteiger partial charge in [0, 0.05) is 178 Å². The predicted molar refractivity (Wildman–Crippen MR) is 553 cm³/mol. The predicted octanol–water partition coefficient (Wildman–Crippen LogP) is 4.96. The molecular weight excluding hydrogens is 1890 g/mol. The SMILES string of the molecule is CN1C(=O)[C@@H](CO)NC(=O)[C@@H]2CCC[C@@H](C2)N(C)C(=O)[C@@H](Cc2ccccc2)NC(=O)[C@@H]2CCC[C@@H](C2)N(C)C(=O)[C@@H](CO)NC(=O)[C@@H]2CCC[C@@H](C2)N(C)C(=O)[C@@H](Cc2ccccc2)NC(=O)[C@@H]2CCC[C@H]1C2.CN1C(=O)[C@@H](CO)NC(=O)[C@@H]2CCC[C@@H](C2)N(C)C(=O)[C@@H](Cc2ccccc2)NC(=O)[C@@H]2CCC[C@@H](C2)N(C)C(=O)[C@@H](CO)NC(=O)[C@@H]2CCC[C@@H](C2)N(C)C(=O)[C@@H](Cc2ccccc2)NC(=O)[C@@H]2CCC[C@H]1C2. The Hall–Kier alpha value is -11.8. The number of nitrogens with one attached hydrogen (secondary N) is 8. The minimum atomic E-state index is -1.23. The molecule has 808 valence electrons. The highest BCUT2D eigenvalue weighted by molar-refractivity contribution is 5.96. The summed E-state index contributed by atoms with van der Waals surface area (Å²) < 4.78 is 0. The Morgan fingerprint density at radius 2 is 0.311 bits per heavy atom. The van der Waals surface area contributed by atoms with E-state index in [9.17, 15) is 97.1 Å². The third kappa shape index (κ3) is 29.5. The van der Waals surface area contributed by atoms with Gasteiger partial charge in [-0.15, -0.1) is 0 Å². The quantitative estimate of drug-likeness (QED) is 0.0892. The second kappa shape index (κ2) is 54.1. The largest absolute Gasteiger partial charge is 0.394 e. The fourth-order valence-corrected chi connectivity index (χ4v) is 24.7. The molecule has 2 aliphatic heterocycles. The molecule has 2 saturated heterocycles. The average Bonchev–Trinajstić information content (AvgIpc) is 0.821. The maximum atomic E-state index is 14.6. The van der Waals surface area contributed by atoms with E-state index in [2.05, 4.69) is 42.5 Å². The lowest BCUT2D eigenvalue weighted by atomic mass is 9.83. The normalized spacial score (nSPS) is 32.1. The molecule has 0 radical (unpaired) electrons. The summed E-state index contributed by atoms with van der Waals surface area (Å²) in [7, 11) is 13.3. The van der Waals surface area contributed by atoms with Gasteiger partial charge in [-0.1, -0.05) is 173 Å². The van der Waals surface area contributed by atoms with Gasteiger partial charge in [0.2, 0.25) is 94.5 Å². The summed E-state index contributed by atoms with van der Waals surface area (Å²) in [6.45, 7) is -2.55. The summed E-state index contributed by atoms with van der Waals surface area (Å²) in [5.41, 5.74) is 3.39. The van der Waals surface area contributed by atoms with Gasteiger partial charge in [0.15, 0.2) is 0 Å². The van der Waals surface area contributed by atoms with E-state index < -0.39 is 169 Å². The van der Waals surface area contributed by atoms with Crippen LogP contribution in [0.5, 0.6) is 0 Å². The molecule has 0 aromatic heterocycles. The van der Waals surface area contributed by atoms with E-state index in [1.165, 1.54) is 19.6 Å². The molecular formula is C112H160N16O20. The number of benzene rings is 4. The van der Waals surface area contributed by atoms with Crippen LogP contribution in [0.15, 0.2) is 121 Å². The Kier molecular flexibility index (Phi) is 41.5. The summed E-state index contributed by atoms with van der Waals surface area (Å²) in [6, 6.07) is 26.0. The Morgan fingerprint density at radius 3 is 0.439 bits per heavy atom. The van der Waals surface area contributed by atoms with Crippen molar-refractivity contribution in [2.75, 3.05) is 82.8 Å². The topological polar surface area (TPSA) is 476 Å². The minimum absolute atomic E-state index is 0.224. The van der Waals surface area contributed by atoms with Crippen molar-refractivity contribution in [1.29, 1.82) is 0 Å². The van der Waals surface area contributed by atoms with Crippen LogP contribution in [0.4, 0.5) is 0 Å². The first-order valence-electron chi connectivity index (χ1n) is 54.3. The zero-order valence-electron chi connectivity index (χ0n) is 87.6. The van der Waals surface area contributed by atoms with Crippen LogP contribution in [0.2, 0.25) is 0 Å². The lowest BCUT2D eigenvalue weighted by Crippen LogP contribution is -2.57. The number of rotatable bonds is 12. The van der Waals surface area contributed by atoms with Crippen molar-refractivity contribution in [2.24, 2.45) is 47.3 Å². The number of carbonyl (C=O) groups excluding carboxylic acids is 16. The van der Waals surface area contributed by atoms with Crippen LogP contribution in [0, 0.1) is 47.3 Å². The number of likely N-dealkylation sites (N-methyl/N-ethyl adjacent to an activating group) is 8. The van der Waals surface area contributed by atoms with Gasteiger partial charge in [-0.05, 0) is 176 Å². The molecule has 36 nitrogen and oxygen atoms in total. The van der Waals surface area contributed by atoms with Crippen molar-refractivity contribution in [1.82, 2.24) is 81.7 Å². The number of aliphatic hydroxyl groups excluding tert-OH is 4. The average molecular weight is 2050 g/mol. The number of fused-ring (bicyclic) bond motifs is 16. The van der Waals surface area contributed by atoms with Gasteiger partial charge in [0.25, 0.3) is 0 Å². The van der Waals surface area contributed by atoms with Crippen LogP contribution >= 0.6 is 0 Å². The van der Waals surface area contributed by atoms with Crippen LogP contribution in [0.1, 0.15) is 228 Å². The van der Waals surface area contributed by atoms with E-state index >= 15 is 0 Å². The number of carbonyl (C=O) groups is 16. The van der Waals surface area contributed by atoms with Crippen molar-refractivity contribution in [2.45, 2.75) is 328 Å². The number of nitrogens with zero attached hydrogens (tertiary/aromatic N) is 8. The van der Waals surface area contributed by atoms with E-state index in [1.54, 1.807) is 76.0 Å². The number of amides is 16. The number of aliphatic hydroxyl groups is 4. The van der Waals surface area contributed by atoms with Crippen molar-refractivity contribution < 1.29 is 97.1 Å². The minimum Gasteiger partial charge on any atom is -0.394 e. The third-order valence-electron chi connectivity index (χ3n) is 34.1. The molecule has 8 saturated carbocycles. The highest BCUT2D eigenvalue weighted by atomic mass is 16.3. The van der Waals surface area contributed by atoms with Gasteiger partial charge in [-0.3, -0.25) is 76.7 Å². The summed E-state index contributed by atoms with van der Waals surface area (Å²) in [6.07, 6.45) is 17.6. The van der Waals surface area contributed by atoms with E-state index in [0.717, 1.165) is 22.3 Å². The first kappa shape index (κ1) is 113. The van der Waals surface area contributed by atoms with Gasteiger partial charge in [-0.2, -0.15) is 0 Å². The van der Waals surface area contributed by atoms with Crippen LogP contribution in [0.25, 0.3) is 0 Å². The molecule has 2 heterocycles. The monoisotopic (exact) mass is 2050 g/mol. The fourth-order valence-electron chi connectivity index (χ4n) is 24.7. The number of hydrogen-bond acceptors (Lipinski definition) is 20. The van der Waals surface area contributed by atoms with Gasteiger partial charge >= 0.3 is 0 Å². The van der Waals surface area contributed by atoms with E-state index in [4.69, 9.17) is 0 Å². The van der Waals surface area contributed by atoms with Crippen LogP contribution < -0.4 is 42.5 Å². The number of hydrogen-bond donors (Lipinski definition) is 12.